The summed E-state index contributed by atoms with van der Waals surface area (Å²) in [7, 11) is 1.54. The number of hydrogen-bond acceptors (Lipinski definition) is 8. The number of carboxylic acids is 1. The van der Waals surface area contributed by atoms with Gasteiger partial charge in [-0.2, -0.15) is 0 Å². The molecule has 208 valence electrons. The molecule has 8 nitrogen and oxygen atoms in total. The molecule has 3 aliphatic rings. The minimum Gasteiger partial charge on any atom is -0.494 e. The Morgan fingerprint density at radius 1 is 1.20 bits per heavy atom. The van der Waals surface area contributed by atoms with Gasteiger partial charge in [0, 0.05) is 29.1 Å². The first-order valence-electron chi connectivity index (χ1n) is 13.8. The van der Waals surface area contributed by atoms with E-state index in [0.717, 1.165) is 65.2 Å². The van der Waals surface area contributed by atoms with Crippen LogP contribution in [0.4, 0.5) is 9.52 Å². The van der Waals surface area contributed by atoms with Crippen LogP contribution in [0.3, 0.4) is 0 Å². The maximum Gasteiger partial charge on any atom is 0.335 e. The number of aromatic nitrogens is 2. The van der Waals surface area contributed by atoms with Gasteiger partial charge < -0.3 is 24.0 Å². The van der Waals surface area contributed by atoms with Crippen LogP contribution >= 0.6 is 11.3 Å². The number of halogens is 1. The lowest BCUT2D eigenvalue weighted by molar-refractivity contribution is 0.0147. The van der Waals surface area contributed by atoms with Crippen molar-refractivity contribution in [3.63, 3.8) is 0 Å². The number of anilines is 1. The van der Waals surface area contributed by atoms with Crippen LogP contribution in [-0.2, 0) is 11.3 Å². The van der Waals surface area contributed by atoms with Crippen LogP contribution in [0.5, 0.6) is 5.75 Å². The zero-order valence-electron chi connectivity index (χ0n) is 22.4. The van der Waals surface area contributed by atoms with Crippen molar-refractivity contribution in [1.29, 1.82) is 0 Å². The molecule has 2 aromatic heterocycles. The van der Waals surface area contributed by atoms with E-state index in [1.165, 1.54) is 30.6 Å². The Labute approximate surface area is 234 Å². The van der Waals surface area contributed by atoms with Crippen molar-refractivity contribution in [3.8, 4) is 17.0 Å². The van der Waals surface area contributed by atoms with Crippen LogP contribution in [-0.4, -0.2) is 46.5 Å². The Balaban J connectivity index is 1.11. The van der Waals surface area contributed by atoms with Crippen LogP contribution in [0.2, 0.25) is 0 Å². The summed E-state index contributed by atoms with van der Waals surface area (Å²) in [6.07, 6.45) is 6.01. The minimum atomic E-state index is -0.987. The lowest BCUT2D eigenvalue weighted by Gasteiger charge is -2.38. The number of nitrogens with zero attached hydrogens (tertiary/aromatic N) is 3. The summed E-state index contributed by atoms with van der Waals surface area (Å²) in [5.41, 5.74) is 3.63. The van der Waals surface area contributed by atoms with Crippen LogP contribution in [0.25, 0.3) is 21.5 Å². The highest BCUT2D eigenvalue weighted by atomic mass is 32.1. The summed E-state index contributed by atoms with van der Waals surface area (Å²) in [4.78, 5) is 18.9. The van der Waals surface area contributed by atoms with Gasteiger partial charge in [0.2, 0.25) is 0 Å². The van der Waals surface area contributed by atoms with Crippen molar-refractivity contribution < 1.29 is 28.3 Å². The Bertz CT molecular complexity index is 1580. The van der Waals surface area contributed by atoms with Crippen LogP contribution in [0.1, 0.15) is 71.7 Å². The van der Waals surface area contributed by atoms with Crippen molar-refractivity contribution >= 4 is 32.7 Å². The van der Waals surface area contributed by atoms with Crippen molar-refractivity contribution in [2.75, 3.05) is 12.0 Å². The molecule has 1 aliphatic carbocycles. The van der Waals surface area contributed by atoms with Crippen LogP contribution < -0.4 is 9.64 Å². The van der Waals surface area contributed by atoms with E-state index in [1.54, 1.807) is 12.1 Å². The first-order chi connectivity index (χ1) is 19.4. The molecular weight excluding hydrogens is 533 g/mol. The first kappa shape index (κ1) is 25.5. The molecular formula is C30H30FN3O5S. The Morgan fingerprint density at radius 2 is 1.98 bits per heavy atom. The first-order valence-corrected chi connectivity index (χ1v) is 14.6. The fourth-order valence-corrected chi connectivity index (χ4v) is 7.58. The molecule has 2 aromatic carbocycles. The molecule has 3 fully saturated rings. The minimum absolute atomic E-state index is 0.0628. The number of thiazole rings is 1. The molecule has 4 aromatic rings. The van der Waals surface area contributed by atoms with E-state index in [4.69, 9.17) is 19.0 Å². The fraction of sp³-hybridized carbons (Fsp3) is 0.433. The Hall–Kier alpha value is -3.50. The molecule has 0 amide bonds. The summed E-state index contributed by atoms with van der Waals surface area (Å²) >= 11 is 1.51. The van der Waals surface area contributed by atoms with E-state index in [9.17, 15) is 14.3 Å². The number of ether oxygens (including phenoxy) is 2. The number of aromatic carboxylic acids is 1. The van der Waals surface area contributed by atoms with Gasteiger partial charge in [0.25, 0.3) is 0 Å². The molecule has 40 heavy (non-hydrogen) atoms. The second-order valence-corrected chi connectivity index (χ2v) is 12.1. The maximum absolute atomic E-state index is 14.9. The summed E-state index contributed by atoms with van der Waals surface area (Å²) in [6, 6.07) is 8.84. The summed E-state index contributed by atoms with van der Waals surface area (Å²) in [5, 5.41) is 14.7. The topological polar surface area (TPSA) is 97.9 Å². The Kier molecular flexibility index (Phi) is 6.27. The zero-order valence-corrected chi connectivity index (χ0v) is 23.2. The number of carbonyl (C=O) groups is 1. The van der Waals surface area contributed by atoms with Gasteiger partial charge in [-0.05, 0) is 69.2 Å². The number of aryl methyl sites for hydroxylation is 1. The highest BCUT2D eigenvalue weighted by Crippen LogP contribution is 2.47. The molecule has 0 spiro atoms. The maximum atomic E-state index is 14.9. The molecule has 4 heterocycles. The number of piperidine rings is 1. The number of methoxy groups -OCH3 is 1. The lowest BCUT2D eigenvalue weighted by atomic mass is 9.99. The predicted octanol–water partition coefficient (Wildman–Crippen LogP) is 6.70. The third-order valence-electron chi connectivity index (χ3n) is 8.52. The lowest BCUT2D eigenvalue weighted by Crippen LogP contribution is -2.45. The summed E-state index contributed by atoms with van der Waals surface area (Å²) in [6.45, 7) is 2.24. The van der Waals surface area contributed by atoms with Crippen LogP contribution in [0, 0.1) is 12.7 Å². The normalized spacial score (nSPS) is 22.3. The average Bonchev–Trinajstić information content (AvgIpc) is 3.46. The van der Waals surface area contributed by atoms with E-state index in [2.05, 4.69) is 10.1 Å². The molecule has 0 radical (unpaired) electrons. The highest BCUT2D eigenvalue weighted by Gasteiger charge is 2.43. The quantitative estimate of drug-likeness (QED) is 0.253. The second-order valence-electron chi connectivity index (χ2n) is 11.1. The average molecular weight is 564 g/mol. The van der Waals surface area contributed by atoms with E-state index in [0.29, 0.717) is 35.0 Å². The monoisotopic (exact) mass is 563 g/mol. The molecule has 2 saturated heterocycles. The fourth-order valence-electron chi connectivity index (χ4n) is 6.41. The third kappa shape index (κ3) is 4.34. The summed E-state index contributed by atoms with van der Waals surface area (Å²) in [5.74, 6) is 0.360. The summed E-state index contributed by atoms with van der Waals surface area (Å²) < 4.78 is 33.4. The van der Waals surface area contributed by atoms with Gasteiger partial charge in [0.05, 0.1) is 30.1 Å². The second kappa shape index (κ2) is 9.85. The van der Waals surface area contributed by atoms with Crippen LogP contribution in [0.15, 0.2) is 34.9 Å². The van der Waals surface area contributed by atoms with E-state index >= 15 is 0 Å². The van der Waals surface area contributed by atoms with E-state index in [-0.39, 0.29) is 29.6 Å². The predicted molar refractivity (Wildman–Crippen MR) is 149 cm³/mol. The van der Waals surface area contributed by atoms with Gasteiger partial charge >= 0.3 is 5.97 Å². The van der Waals surface area contributed by atoms with Gasteiger partial charge in [-0.1, -0.05) is 28.6 Å². The number of carboxylic acid groups (broad SMARTS) is 1. The van der Waals surface area contributed by atoms with Crippen molar-refractivity contribution in [3.05, 3.63) is 58.6 Å². The molecule has 10 heteroatoms. The molecule has 2 bridgehead atoms. The molecule has 1 N–H and O–H groups in total. The third-order valence-corrected chi connectivity index (χ3v) is 9.53. The number of fused-ring (bicyclic) bond motifs is 3. The SMILES string of the molecule is COc1cc(C(=O)O)cc2sc(N3[C@@H]4CC[C@H]3C[C@@H](OCc3c(-c5c(C)cccc5F)noc3C3CC3)C4)nc12. The largest absolute Gasteiger partial charge is 0.494 e. The van der Waals surface area contributed by atoms with Gasteiger partial charge in [0.15, 0.2) is 5.13 Å². The molecule has 1 saturated carbocycles. The molecule has 2 aliphatic heterocycles. The van der Waals surface area contributed by atoms with Crippen molar-refractivity contribution in [2.45, 2.75) is 76.2 Å². The number of hydrogen-bond donors (Lipinski definition) is 1. The standard InChI is InChI=1S/C30H30FN3O5S/c1-15-4-3-5-22(31)25(15)26-21(28(39-33-26)16-6-7-16)14-38-20-12-18-8-9-19(13-20)34(18)30-32-27-23(37-2)10-17(29(35)36)11-24(27)40-30/h3-5,10-11,16,18-20H,6-9,12-14H2,1-2H3,(H,35,36)/t18-,19+,20+. The Morgan fingerprint density at radius 3 is 2.65 bits per heavy atom. The van der Waals surface area contributed by atoms with E-state index < -0.39 is 5.97 Å². The van der Waals surface area contributed by atoms with E-state index in [1.807, 2.05) is 13.0 Å². The molecule has 7 rings (SSSR count). The van der Waals surface area contributed by atoms with Gasteiger partial charge in [-0.3, -0.25) is 0 Å². The molecule has 0 unspecified atom stereocenters. The van der Waals surface area contributed by atoms with Crippen molar-refractivity contribution in [2.24, 2.45) is 0 Å². The molecule has 3 atom stereocenters. The number of benzene rings is 2. The van der Waals surface area contributed by atoms with Gasteiger partial charge in [-0.15, -0.1) is 0 Å². The smallest absolute Gasteiger partial charge is 0.335 e. The zero-order chi connectivity index (χ0) is 27.5. The number of rotatable bonds is 8. The van der Waals surface area contributed by atoms with Gasteiger partial charge in [-0.25, -0.2) is 14.2 Å². The highest BCUT2D eigenvalue weighted by molar-refractivity contribution is 7.22. The van der Waals surface area contributed by atoms with Crippen molar-refractivity contribution in [1.82, 2.24) is 10.1 Å². The van der Waals surface area contributed by atoms with Gasteiger partial charge in [0.1, 0.15) is 28.5 Å².